The molecule has 2 aromatic heterocycles. The predicted molar refractivity (Wildman–Crippen MR) is 114 cm³/mol. The summed E-state index contributed by atoms with van der Waals surface area (Å²) in [5.74, 6) is 0.854. The van der Waals surface area contributed by atoms with Crippen molar-refractivity contribution < 1.29 is 4.79 Å². The smallest absolute Gasteiger partial charge is 0.245 e. The van der Waals surface area contributed by atoms with E-state index in [4.69, 9.17) is 4.98 Å². The molecule has 1 atom stereocenters. The minimum atomic E-state index is -0.508. The highest BCUT2D eigenvalue weighted by molar-refractivity contribution is 5.80. The molecule has 0 fully saturated rings. The molecule has 0 radical (unpaired) electrons. The zero-order valence-electron chi connectivity index (χ0n) is 17.1. The molecule has 2 aromatic carbocycles. The average Bonchev–Trinajstić information content (AvgIpc) is 3.40. The van der Waals surface area contributed by atoms with E-state index in [-0.39, 0.29) is 11.9 Å². The number of hydrogen-bond acceptors (Lipinski definition) is 5. The summed E-state index contributed by atoms with van der Waals surface area (Å²) in [6.45, 7) is 4.77. The summed E-state index contributed by atoms with van der Waals surface area (Å²) in [7, 11) is 0. The molecule has 0 unspecified atom stereocenters. The molecule has 2 heterocycles. The monoisotopic (exact) mass is 403 g/mol. The second-order valence-electron chi connectivity index (χ2n) is 7.52. The van der Waals surface area contributed by atoms with E-state index in [1.54, 1.807) is 0 Å². The third kappa shape index (κ3) is 4.22. The van der Waals surface area contributed by atoms with Gasteiger partial charge in [-0.15, -0.1) is 5.10 Å². The van der Waals surface area contributed by atoms with Gasteiger partial charge in [0, 0.05) is 25.4 Å². The molecule has 30 heavy (non-hydrogen) atoms. The quantitative estimate of drug-likeness (QED) is 0.489. The number of imidazole rings is 1. The molecule has 0 spiro atoms. The van der Waals surface area contributed by atoms with Gasteiger partial charge >= 0.3 is 0 Å². The lowest BCUT2D eigenvalue weighted by Crippen LogP contribution is -2.35. The van der Waals surface area contributed by atoms with Gasteiger partial charge in [0.1, 0.15) is 18.2 Å². The third-order valence-electron chi connectivity index (χ3n) is 5.09. The van der Waals surface area contributed by atoms with E-state index in [9.17, 15) is 4.79 Å². The number of amides is 1. The highest BCUT2D eigenvalue weighted by Crippen LogP contribution is 2.21. The first-order valence-electron chi connectivity index (χ1n) is 10.1. The fourth-order valence-electron chi connectivity index (χ4n) is 3.72. The first kappa shape index (κ1) is 19.8. The normalized spacial score (nSPS) is 12.4. The second-order valence-corrected chi connectivity index (χ2v) is 7.52. The lowest BCUT2D eigenvalue weighted by atomic mass is 10.1. The van der Waals surface area contributed by atoms with E-state index >= 15 is 0 Å². The van der Waals surface area contributed by atoms with E-state index in [1.807, 2.05) is 48.5 Å². The SMILES string of the molecule is CC(C)n1c(CCNC(=O)[C@H](Cc2ccccc2)n2cnnn2)nc2ccccc21. The van der Waals surface area contributed by atoms with Gasteiger partial charge in [-0.25, -0.2) is 9.67 Å². The van der Waals surface area contributed by atoms with Crippen LogP contribution in [0.3, 0.4) is 0 Å². The van der Waals surface area contributed by atoms with Gasteiger partial charge in [-0.2, -0.15) is 0 Å². The van der Waals surface area contributed by atoms with Crippen LogP contribution in [0.1, 0.15) is 37.3 Å². The summed E-state index contributed by atoms with van der Waals surface area (Å²) in [6, 6.07) is 17.8. The zero-order valence-corrected chi connectivity index (χ0v) is 17.1. The Hall–Kier alpha value is -3.55. The van der Waals surface area contributed by atoms with E-state index in [2.05, 4.69) is 45.3 Å². The van der Waals surface area contributed by atoms with Gasteiger partial charge in [0.2, 0.25) is 5.91 Å². The van der Waals surface area contributed by atoms with Crippen molar-refractivity contribution in [3.05, 3.63) is 72.3 Å². The molecule has 8 heteroatoms. The number of nitrogens with one attached hydrogen (secondary N) is 1. The molecule has 4 rings (SSSR count). The number of tetrazole rings is 1. The van der Waals surface area contributed by atoms with Gasteiger partial charge in [0.15, 0.2) is 0 Å². The molecule has 0 aliphatic carbocycles. The van der Waals surface area contributed by atoms with Gasteiger partial charge in [-0.05, 0) is 42.0 Å². The molecule has 0 saturated heterocycles. The van der Waals surface area contributed by atoms with E-state index in [0.717, 1.165) is 22.4 Å². The Morgan fingerprint density at radius 1 is 1.07 bits per heavy atom. The summed E-state index contributed by atoms with van der Waals surface area (Å²) in [5.41, 5.74) is 3.14. The van der Waals surface area contributed by atoms with Crippen LogP contribution in [0.5, 0.6) is 0 Å². The number of carbonyl (C=O) groups excluding carboxylic acids is 1. The summed E-state index contributed by atoms with van der Waals surface area (Å²) in [5, 5.41) is 14.4. The largest absolute Gasteiger partial charge is 0.354 e. The molecule has 1 amide bonds. The van der Waals surface area contributed by atoms with Crippen molar-refractivity contribution in [2.45, 2.75) is 38.8 Å². The first-order valence-corrected chi connectivity index (χ1v) is 10.1. The minimum Gasteiger partial charge on any atom is -0.354 e. The van der Waals surface area contributed by atoms with Crippen molar-refractivity contribution in [2.75, 3.05) is 6.54 Å². The van der Waals surface area contributed by atoms with Gasteiger partial charge in [0.25, 0.3) is 0 Å². The molecule has 0 bridgehead atoms. The Kier molecular flexibility index (Phi) is 5.83. The molecule has 4 aromatic rings. The standard InChI is InChI=1S/C22H25N7O/c1-16(2)29-19-11-7-6-10-18(19)25-21(29)12-13-23-22(30)20(28-15-24-26-27-28)14-17-8-4-3-5-9-17/h3-11,15-16,20H,12-14H2,1-2H3,(H,23,30)/t20-/m0/s1. The minimum absolute atomic E-state index is 0.113. The van der Waals surface area contributed by atoms with Crippen molar-refractivity contribution >= 4 is 16.9 Å². The van der Waals surface area contributed by atoms with Gasteiger partial charge in [-0.1, -0.05) is 42.5 Å². The van der Waals surface area contributed by atoms with Crippen LogP contribution in [0.25, 0.3) is 11.0 Å². The van der Waals surface area contributed by atoms with Crippen LogP contribution in [-0.4, -0.2) is 42.2 Å². The van der Waals surface area contributed by atoms with E-state index in [0.29, 0.717) is 19.4 Å². The van der Waals surface area contributed by atoms with Crippen LogP contribution in [0, 0.1) is 0 Å². The number of hydrogen-bond donors (Lipinski definition) is 1. The first-order chi connectivity index (χ1) is 14.6. The van der Waals surface area contributed by atoms with Crippen molar-refractivity contribution in [3.8, 4) is 0 Å². The second kappa shape index (κ2) is 8.86. The third-order valence-corrected chi connectivity index (χ3v) is 5.09. The Balaban J connectivity index is 1.46. The maximum Gasteiger partial charge on any atom is 0.245 e. The van der Waals surface area contributed by atoms with E-state index < -0.39 is 6.04 Å². The fraction of sp³-hybridized carbons (Fsp3) is 0.318. The highest BCUT2D eigenvalue weighted by atomic mass is 16.2. The number of para-hydroxylation sites is 2. The Morgan fingerprint density at radius 2 is 1.83 bits per heavy atom. The number of carbonyl (C=O) groups is 1. The van der Waals surface area contributed by atoms with Gasteiger partial charge in [0.05, 0.1) is 11.0 Å². The number of fused-ring (bicyclic) bond motifs is 1. The summed E-state index contributed by atoms with van der Waals surface area (Å²) >= 11 is 0. The zero-order chi connectivity index (χ0) is 20.9. The molecule has 0 aliphatic rings. The Morgan fingerprint density at radius 3 is 2.57 bits per heavy atom. The Labute approximate surface area is 174 Å². The molecule has 154 valence electrons. The van der Waals surface area contributed by atoms with Crippen LogP contribution in [0.2, 0.25) is 0 Å². The predicted octanol–water partition coefficient (Wildman–Crippen LogP) is 2.75. The van der Waals surface area contributed by atoms with E-state index in [1.165, 1.54) is 11.0 Å². The molecule has 0 saturated carbocycles. The number of aromatic nitrogens is 6. The molecule has 0 aliphatic heterocycles. The maximum absolute atomic E-state index is 13.0. The molecule has 8 nitrogen and oxygen atoms in total. The topological polar surface area (TPSA) is 90.5 Å². The number of benzene rings is 2. The van der Waals surface area contributed by atoms with Gasteiger partial charge in [-0.3, -0.25) is 4.79 Å². The van der Waals surface area contributed by atoms with Crippen LogP contribution in [0.15, 0.2) is 60.9 Å². The lowest BCUT2D eigenvalue weighted by Gasteiger charge is -2.17. The van der Waals surface area contributed by atoms with Crippen molar-refractivity contribution in [1.82, 2.24) is 35.1 Å². The van der Waals surface area contributed by atoms with Gasteiger partial charge < -0.3 is 9.88 Å². The summed E-state index contributed by atoms with van der Waals surface area (Å²) in [6.07, 6.45) is 2.64. The molecular weight excluding hydrogens is 378 g/mol. The van der Waals surface area contributed by atoms with Crippen LogP contribution >= 0.6 is 0 Å². The highest BCUT2D eigenvalue weighted by Gasteiger charge is 2.22. The summed E-state index contributed by atoms with van der Waals surface area (Å²) < 4.78 is 3.73. The maximum atomic E-state index is 13.0. The number of rotatable bonds is 8. The van der Waals surface area contributed by atoms with Crippen LogP contribution < -0.4 is 5.32 Å². The number of nitrogens with zero attached hydrogens (tertiary/aromatic N) is 6. The Bertz CT molecular complexity index is 1100. The van der Waals surface area contributed by atoms with Crippen molar-refractivity contribution in [1.29, 1.82) is 0 Å². The van der Waals surface area contributed by atoms with Crippen LogP contribution in [-0.2, 0) is 17.6 Å². The molecule has 1 N–H and O–H groups in total. The van der Waals surface area contributed by atoms with Crippen molar-refractivity contribution in [2.24, 2.45) is 0 Å². The average molecular weight is 403 g/mol. The lowest BCUT2D eigenvalue weighted by molar-refractivity contribution is -0.124. The summed E-state index contributed by atoms with van der Waals surface area (Å²) in [4.78, 5) is 17.7. The van der Waals surface area contributed by atoms with Crippen LogP contribution in [0.4, 0.5) is 0 Å². The van der Waals surface area contributed by atoms with Crippen molar-refractivity contribution in [3.63, 3.8) is 0 Å². The molecular formula is C22H25N7O. The fourth-order valence-corrected chi connectivity index (χ4v) is 3.72.